The van der Waals surface area contributed by atoms with Crippen LogP contribution < -0.4 is 0 Å². The first-order chi connectivity index (χ1) is 20.6. The van der Waals surface area contributed by atoms with Gasteiger partial charge in [0.15, 0.2) is 0 Å². The van der Waals surface area contributed by atoms with E-state index in [0.717, 1.165) is 39.0 Å². The van der Waals surface area contributed by atoms with Crippen molar-refractivity contribution in [3.05, 3.63) is 146 Å². The van der Waals surface area contributed by atoms with E-state index in [1.165, 1.54) is 0 Å². The van der Waals surface area contributed by atoms with Crippen molar-refractivity contribution in [3.8, 4) is 56.3 Å². The van der Waals surface area contributed by atoms with Gasteiger partial charge in [0.05, 0.1) is 25.0 Å². The van der Waals surface area contributed by atoms with Gasteiger partial charge in [-0.25, -0.2) is 4.98 Å². The average Bonchev–Trinajstić information content (AvgIpc) is 3.43. The molecule has 1 N–H and O–H groups in total. The van der Waals surface area contributed by atoms with Gasteiger partial charge in [0.2, 0.25) is 0 Å². The normalized spacial score (nSPS) is 11.8. The second-order valence-electron chi connectivity index (χ2n) is 9.52. The lowest BCUT2D eigenvalue weighted by Gasteiger charge is -2.11. The Morgan fingerprint density at radius 1 is 0.600 bits per heavy atom. The summed E-state index contributed by atoms with van der Waals surface area (Å²) in [5, 5.41) is 10.8. The van der Waals surface area contributed by atoms with E-state index in [1.807, 2.05) is 115 Å². The number of phenolic OH excluding ortho intramolecular Hbond substituents is 1. The van der Waals surface area contributed by atoms with Gasteiger partial charge in [-0.1, -0.05) is 91.0 Å². The van der Waals surface area contributed by atoms with Crippen molar-refractivity contribution in [2.24, 2.45) is 0 Å². The molecule has 0 aliphatic carbocycles. The Morgan fingerprint density at radius 2 is 1.27 bits per heavy atom. The number of fused-ring (bicyclic) bond motifs is 1. The van der Waals surface area contributed by atoms with Gasteiger partial charge < -0.3 is 5.11 Å². The number of para-hydroxylation sites is 3. The van der Waals surface area contributed by atoms with Gasteiger partial charge in [0.25, 0.3) is 0 Å². The first-order valence-electron chi connectivity index (χ1n) is 14.1. The van der Waals surface area contributed by atoms with Crippen LogP contribution in [0.4, 0.5) is 0 Å². The maximum Gasteiger partial charge on any atom is 0.149 e. The van der Waals surface area contributed by atoms with Crippen LogP contribution in [0, 0.1) is 0 Å². The molecule has 0 unspecified atom stereocenters. The number of hydrogen-bond donors (Lipinski definition) is 1. The number of rotatable bonds is 5. The maximum atomic E-state index is 10.8. The van der Waals surface area contributed by atoms with E-state index in [9.17, 15) is 5.11 Å². The van der Waals surface area contributed by atoms with E-state index in [0.29, 0.717) is 22.6 Å². The number of nitrogens with zero attached hydrogens (tertiary/aromatic N) is 3. The zero-order valence-corrected chi connectivity index (χ0v) is 21.5. The van der Waals surface area contributed by atoms with Gasteiger partial charge in [-0.15, -0.1) is 0 Å². The molecule has 0 aliphatic heterocycles. The fourth-order valence-electron chi connectivity index (χ4n) is 5.11. The van der Waals surface area contributed by atoms with Crippen molar-refractivity contribution in [2.75, 3.05) is 0 Å². The smallest absolute Gasteiger partial charge is 0.149 e. The quantitative estimate of drug-likeness (QED) is 0.248. The Hall–Kier alpha value is -5.48. The van der Waals surface area contributed by atoms with Crippen molar-refractivity contribution < 1.29 is 7.85 Å². The highest BCUT2D eigenvalue weighted by atomic mass is 16.3. The molecule has 0 saturated carbocycles. The molecule has 7 rings (SSSR count). The first-order valence-corrected chi connectivity index (χ1v) is 13.1. The van der Waals surface area contributed by atoms with Crippen LogP contribution >= 0.6 is 0 Å². The topological polar surface area (TPSA) is 50.9 Å². The number of aromatic nitrogens is 3. The molecule has 0 saturated heterocycles. The number of phenols is 1. The minimum Gasteiger partial charge on any atom is -0.507 e. The monoisotopic (exact) mass is 517 g/mol. The highest BCUT2D eigenvalue weighted by Gasteiger charge is 2.19. The second kappa shape index (κ2) is 10.0. The van der Waals surface area contributed by atoms with E-state index in [1.54, 1.807) is 18.2 Å². The first kappa shape index (κ1) is 21.5. The van der Waals surface area contributed by atoms with Crippen LogP contribution in [-0.2, 0) is 0 Å². The van der Waals surface area contributed by atoms with Gasteiger partial charge >= 0.3 is 0 Å². The molecule has 190 valence electrons. The Morgan fingerprint density at radius 3 is 2.10 bits per heavy atom. The van der Waals surface area contributed by atoms with Gasteiger partial charge in [-0.2, -0.15) is 0 Å². The summed E-state index contributed by atoms with van der Waals surface area (Å²) in [5.41, 5.74) is 7.86. The summed E-state index contributed by atoms with van der Waals surface area (Å²) < 4.78 is 19.4. The molecule has 7 aromatic rings. The van der Waals surface area contributed by atoms with E-state index < -0.39 is 0 Å². The second-order valence-corrected chi connectivity index (χ2v) is 9.52. The van der Waals surface area contributed by atoms with E-state index in [2.05, 4.69) is 9.55 Å². The number of aromatic hydroxyl groups is 1. The predicted molar refractivity (Wildman–Crippen MR) is 162 cm³/mol. The lowest BCUT2D eigenvalue weighted by molar-refractivity contribution is 0.477. The maximum absolute atomic E-state index is 10.8. The summed E-state index contributed by atoms with van der Waals surface area (Å²) in [6.45, 7) is 0. The molecule has 0 amide bonds. The highest BCUT2D eigenvalue weighted by molar-refractivity contribution is 5.96. The van der Waals surface area contributed by atoms with Crippen LogP contribution in [0.15, 0.2) is 146 Å². The van der Waals surface area contributed by atoms with Crippen molar-refractivity contribution in [1.82, 2.24) is 14.5 Å². The summed E-state index contributed by atoms with van der Waals surface area (Å²) in [6, 6.07) is 42.8. The predicted octanol–water partition coefficient (Wildman–Crippen LogP) is 8.79. The van der Waals surface area contributed by atoms with Crippen LogP contribution in [0.25, 0.3) is 61.6 Å². The summed E-state index contributed by atoms with van der Waals surface area (Å²) in [6.07, 6.45) is 0.112. The third kappa shape index (κ3) is 4.22. The van der Waals surface area contributed by atoms with Crippen molar-refractivity contribution >= 4 is 11.0 Å². The van der Waals surface area contributed by atoms with Gasteiger partial charge in [0, 0.05) is 23.0 Å². The minimum absolute atomic E-state index is 0.112. The minimum atomic E-state index is 0.112. The molecule has 4 heteroatoms. The molecule has 0 radical (unpaired) electrons. The number of benzene rings is 5. The standard InChI is InChI=1S/C36H25N3O/c40-34-20-8-7-17-31(34)36-38-35-30(18-10-19-33(35)39(36)29-15-5-2-6-16-29)27-13-9-14-28(23-27)32-24-26(21-22-37-32)25-11-3-1-4-12-25/h1-24,40H/i22D,24D. The van der Waals surface area contributed by atoms with Crippen LogP contribution in [0.1, 0.15) is 2.74 Å². The van der Waals surface area contributed by atoms with E-state index >= 15 is 0 Å². The molecule has 0 atom stereocenters. The lowest BCUT2D eigenvalue weighted by atomic mass is 9.99. The molecule has 5 aromatic carbocycles. The molecule has 0 fully saturated rings. The molecule has 2 heterocycles. The SMILES string of the molecule is [2H]c1cc(-c2ccccc2)c([2H])c(-c2cccc(-c3cccc4c3nc(-c3ccccc3O)n4-c3ccccc3)c2)n1. The van der Waals surface area contributed by atoms with Crippen molar-refractivity contribution in [2.45, 2.75) is 0 Å². The van der Waals surface area contributed by atoms with E-state index in [-0.39, 0.29) is 18.0 Å². The van der Waals surface area contributed by atoms with Crippen LogP contribution in [0.3, 0.4) is 0 Å². The zero-order valence-electron chi connectivity index (χ0n) is 23.5. The number of imidazole rings is 1. The molecule has 40 heavy (non-hydrogen) atoms. The fraction of sp³-hybridized carbons (Fsp3) is 0. The average molecular weight is 518 g/mol. The number of hydrogen-bond acceptors (Lipinski definition) is 3. The van der Waals surface area contributed by atoms with Gasteiger partial charge in [-0.3, -0.25) is 9.55 Å². The fourth-order valence-corrected chi connectivity index (χ4v) is 5.11. The highest BCUT2D eigenvalue weighted by Crippen LogP contribution is 2.38. The van der Waals surface area contributed by atoms with E-state index in [4.69, 9.17) is 7.73 Å². The Labute approximate surface area is 235 Å². The van der Waals surface area contributed by atoms with Crippen LogP contribution in [0.2, 0.25) is 0 Å². The number of pyridine rings is 1. The Balaban J connectivity index is 1.42. The largest absolute Gasteiger partial charge is 0.507 e. The van der Waals surface area contributed by atoms with Crippen LogP contribution in [-0.4, -0.2) is 19.6 Å². The van der Waals surface area contributed by atoms with Gasteiger partial charge in [-0.05, 0) is 65.2 Å². The third-order valence-corrected chi connectivity index (χ3v) is 7.01. The summed E-state index contributed by atoms with van der Waals surface area (Å²) >= 11 is 0. The van der Waals surface area contributed by atoms with Crippen molar-refractivity contribution in [1.29, 1.82) is 0 Å². The van der Waals surface area contributed by atoms with Crippen molar-refractivity contribution in [3.63, 3.8) is 0 Å². The molecular formula is C36H25N3O. The summed E-state index contributed by atoms with van der Waals surface area (Å²) in [4.78, 5) is 9.57. The molecular weight excluding hydrogens is 490 g/mol. The molecule has 0 spiro atoms. The lowest BCUT2D eigenvalue weighted by Crippen LogP contribution is -1.97. The Bertz CT molecular complexity index is 2070. The molecule has 2 aromatic heterocycles. The third-order valence-electron chi connectivity index (χ3n) is 7.01. The molecule has 0 aliphatic rings. The van der Waals surface area contributed by atoms with Gasteiger partial charge in [0.1, 0.15) is 11.6 Å². The molecule has 0 bridgehead atoms. The summed E-state index contributed by atoms with van der Waals surface area (Å²) in [5.74, 6) is 0.800. The summed E-state index contributed by atoms with van der Waals surface area (Å²) in [7, 11) is 0. The molecule has 4 nitrogen and oxygen atoms in total. The zero-order chi connectivity index (χ0) is 28.6. The van der Waals surface area contributed by atoms with Crippen LogP contribution in [0.5, 0.6) is 5.75 Å². The Kier molecular flexibility index (Phi) is 5.37.